The summed E-state index contributed by atoms with van der Waals surface area (Å²) in [7, 11) is 3.30. The van der Waals surface area contributed by atoms with E-state index in [0.717, 1.165) is 34.6 Å². The molecule has 0 saturated heterocycles. The van der Waals surface area contributed by atoms with E-state index in [1.54, 1.807) is 20.4 Å². The summed E-state index contributed by atoms with van der Waals surface area (Å²) in [6.45, 7) is 2.86. The van der Waals surface area contributed by atoms with Gasteiger partial charge >= 0.3 is 0 Å². The van der Waals surface area contributed by atoms with Crippen molar-refractivity contribution in [2.45, 2.75) is 6.92 Å². The molecule has 4 heteroatoms. The highest BCUT2D eigenvalue weighted by Crippen LogP contribution is 2.33. The quantitative estimate of drug-likeness (QED) is 0.880. The SMILES string of the molecule is CCNc1nccc2c(OC)cc(OC)cc12. The maximum Gasteiger partial charge on any atom is 0.134 e. The second-order valence-electron chi connectivity index (χ2n) is 3.61. The third-order valence-corrected chi connectivity index (χ3v) is 2.62. The Kier molecular flexibility index (Phi) is 3.32. The Balaban J connectivity index is 2.70. The molecule has 0 unspecified atom stereocenters. The van der Waals surface area contributed by atoms with Crippen molar-refractivity contribution in [2.24, 2.45) is 0 Å². The number of aromatic nitrogens is 1. The van der Waals surface area contributed by atoms with Gasteiger partial charge in [-0.1, -0.05) is 0 Å². The third kappa shape index (κ3) is 2.11. The highest BCUT2D eigenvalue weighted by molar-refractivity contribution is 5.97. The van der Waals surface area contributed by atoms with Gasteiger partial charge in [-0.3, -0.25) is 0 Å². The fourth-order valence-corrected chi connectivity index (χ4v) is 1.82. The summed E-state index contributed by atoms with van der Waals surface area (Å²) >= 11 is 0. The molecule has 2 rings (SSSR count). The normalized spacial score (nSPS) is 10.3. The molecule has 1 aromatic carbocycles. The Labute approximate surface area is 101 Å². The average Bonchev–Trinajstić information content (AvgIpc) is 2.38. The van der Waals surface area contributed by atoms with Crippen molar-refractivity contribution in [1.29, 1.82) is 0 Å². The average molecular weight is 232 g/mol. The second kappa shape index (κ2) is 4.91. The minimum absolute atomic E-state index is 0.765. The molecule has 1 aromatic heterocycles. The number of nitrogens with zero attached hydrogens (tertiary/aromatic N) is 1. The zero-order chi connectivity index (χ0) is 12.3. The molecule has 4 nitrogen and oxygen atoms in total. The Morgan fingerprint density at radius 2 is 2.00 bits per heavy atom. The number of rotatable bonds is 4. The largest absolute Gasteiger partial charge is 0.497 e. The van der Waals surface area contributed by atoms with E-state index in [-0.39, 0.29) is 0 Å². The lowest BCUT2D eigenvalue weighted by molar-refractivity contribution is 0.398. The molecule has 1 heterocycles. The smallest absolute Gasteiger partial charge is 0.134 e. The molecule has 0 saturated carbocycles. The Hall–Kier alpha value is -1.97. The van der Waals surface area contributed by atoms with Gasteiger partial charge in [-0.2, -0.15) is 0 Å². The van der Waals surface area contributed by atoms with E-state index in [1.165, 1.54) is 0 Å². The molecule has 0 radical (unpaired) electrons. The molecule has 0 aliphatic rings. The van der Waals surface area contributed by atoms with Crippen LogP contribution in [0.25, 0.3) is 10.8 Å². The van der Waals surface area contributed by atoms with Gasteiger partial charge in [-0.15, -0.1) is 0 Å². The zero-order valence-electron chi connectivity index (χ0n) is 10.3. The molecule has 0 aliphatic carbocycles. The molecule has 17 heavy (non-hydrogen) atoms. The number of pyridine rings is 1. The van der Waals surface area contributed by atoms with Gasteiger partial charge in [0.05, 0.1) is 14.2 Å². The van der Waals surface area contributed by atoms with Gasteiger partial charge in [-0.25, -0.2) is 4.98 Å². The Bertz CT molecular complexity index is 526. The summed E-state index contributed by atoms with van der Waals surface area (Å²) in [5.41, 5.74) is 0. The second-order valence-corrected chi connectivity index (χ2v) is 3.61. The van der Waals surface area contributed by atoms with E-state index in [4.69, 9.17) is 9.47 Å². The summed E-state index contributed by atoms with van der Waals surface area (Å²) < 4.78 is 10.6. The number of fused-ring (bicyclic) bond motifs is 1. The summed E-state index contributed by atoms with van der Waals surface area (Å²) in [4.78, 5) is 4.33. The van der Waals surface area contributed by atoms with Crippen LogP contribution in [-0.2, 0) is 0 Å². The van der Waals surface area contributed by atoms with E-state index in [9.17, 15) is 0 Å². The standard InChI is InChI=1S/C13H16N2O2/c1-4-14-13-11-7-9(16-2)8-12(17-3)10(11)5-6-15-13/h5-8H,4H2,1-3H3,(H,14,15). The maximum atomic E-state index is 5.37. The van der Waals surface area contributed by atoms with Crippen LogP contribution < -0.4 is 14.8 Å². The van der Waals surface area contributed by atoms with Crippen LogP contribution >= 0.6 is 0 Å². The Morgan fingerprint density at radius 1 is 1.18 bits per heavy atom. The van der Waals surface area contributed by atoms with E-state index >= 15 is 0 Å². The van der Waals surface area contributed by atoms with Crippen LogP contribution in [0.15, 0.2) is 24.4 Å². The van der Waals surface area contributed by atoms with E-state index < -0.39 is 0 Å². The lowest BCUT2D eigenvalue weighted by atomic mass is 10.1. The van der Waals surface area contributed by atoms with Crippen LogP contribution in [0.5, 0.6) is 11.5 Å². The van der Waals surface area contributed by atoms with Gasteiger partial charge in [0.2, 0.25) is 0 Å². The molecule has 90 valence electrons. The van der Waals surface area contributed by atoms with Crippen LogP contribution in [-0.4, -0.2) is 25.7 Å². The number of ether oxygens (including phenoxy) is 2. The fraction of sp³-hybridized carbons (Fsp3) is 0.308. The highest BCUT2D eigenvalue weighted by Gasteiger charge is 2.08. The minimum atomic E-state index is 0.765. The zero-order valence-corrected chi connectivity index (χ0v) is 10.3. The van der Waals surface area contributed by atoms with Crippen LogP contribution in [0.1, 0.15) is 6.92 Å². The van der Waals surface area contributed by atoms with Gasteiger partial charge in [0.15, 0.2) is 0 Å². The fourth-order valence-electron chi connectivity index (χ4n) is 1.82. The van der Waals surface area contributed by atoms with Gasteiger partial charge in [0.1, 0.15) is 17.3 Å². The molecule has 0 spiro atoms. The van der Waals surface area contributed by atoms with Crippen molar-refractivity contribution in [3.8, 4) is 11.5 Å². The summed E-state index contributed by atoms with van der Waals surface area (Å²) in [6, 6.07) is 5.77. The van der Waals surface area contributed by atoms with Gasteiger partial charge in [0, 0.05) is 29.6 Å². The summed E-state index contributed by atoms with van der Waals surface area (Å²) in [5, 5.41) is 5.26. The molecule has 0 fully saturated rings. The summed E-state index contributed by atoms with van der Waals surface area (Å²) in [5.74, 6) is 2.41. The predicted molar refractivity (Wildman–Crippen MR) is 69.0 cm³/mol. The van der Waals surface area contributed by atoms with Gasteiger partial charge in [-0.05, 0) is 19.1 Å². The van der Waals surface area contributed by atoms with Crippen molar-refractivity contribution < 1.29 is 9.47 Å². The first-order valence-corrected chi connectivity index (χ1v) is 5.54. The van der Waals surface area contributed by atoms with Crippen molar-refractivity contribution in [3.63, 3.8) is 0 Å². The summed E-state index contributed by atoms with van der Waals surface area (Å²) in [6.07, 6.45) is 1.77. The van der Waals surface area contributed by atoms with Gasteiger partial charge < -0.3 is 14.8 Å². The predicted octanol–water partition coefficient (Wildman–Crippen LogP) is 2.68. The van der Waals surface area contributed by atoms with E-state index in [1.807, 2.05) is 25.1 Å². The molecular formula is C13H16N2O2. The highest BCUT2D eigenvalue weighted by atomic mass is 16.5. The first kappa shape index (κ1) is 11.5. The van der Waals surface area contributed by atoms with E-state index in [2.05, 4.69) is 10.3 Å². The Morgan fingerprint density at radius 3 is 2.65 bits per heavy atom. The lowest BCUT2D eigenvalue weighted by Gasteiger charge is -2.11. The van der Waals surface area contributed by atoms with Crippen LogP contribution in [0.3, 0.4) is 0 Å². The molecule has 2 aromatic rings. The first-order valence-electron chi connectivity index (χ1n) is 5.54. The first-order chi connectivity index (χ1) is 8.30. The number of hydrogen-bond acceptors (Lipinski definition) is 4. The molecule has 0 bridgehead atoms. The maximum absolute atomic E-state index is 5.37. The molecule has 1 N–H and O–H groups in total. The molecule has 0 atom stereocenters. The number of nitrogens with one attached hydrogen (secondary N) is 1. The van der Waals surface area contributed by atoms with Crippen molar-refractivity contribution in [1.82, 2.24) is 4.98 Å². The van der Waals surface area contributed by atoms with Crippen LogP contribution in [0.2, 0.25) is 0 Å². The molecule has 0 amide bonds. The molecular weight excluding hydrogens is 216 g/mol. The van der Waals surface area contributed by atoms with E-state index in [0.29, 0.717) is 0 Å². The number of methoxy groups -OCH3 is 2. The number of benzene rings is 1. The van der Waals surface area contributed by atoms with Crippen LogP contribution in [0, 0.1) is 0 Å². The van der Waals surface area contributed by atoms with Crippen molar-refractivity contribution in [2.75, 3.05) is 26.1 Å². The number of hydrogen-bond donors (Lipinski definition) is 1. The monoisotopic (exact) mass is 232 g/mol. The van der Waals surface area contributed by atoms with Crippen molar-refractivity contribution in [3.05, 3.63) is 24.4 Å². The third-order valence-electron chi connectivity index (χ3n) is 2.62. The van der Waals surface area contributed by atoms with Crippen molar-refractivity contribution >= 4 is 16.6 Å². The van der Waals surface area contributed by atoms with Gasteiger partial charge in [0.25, 0.3) is 0 Å². The number of anilines is 1. The molecule has 0 aliphatic heterocycles. The topological polar surface area (TPSA) is 43.4 Å². The van der Waals surface area contributed by atoms with Crippen LogP contribution in [0.4, 0.5) is 5.82 Å². The lowest BCUT2D eigenvalue weighted by Crippen LogP contribution is -2.00. The minimum Gasteiger partial charge on any atom is -0.497 e.